The van der Waals surface area contributed by atoms with Crippen molar-refractivity contribution in [2.75, 3.05) is 0 Å². The predicted molar refractivity (Wildman–Crippen MR) is 176 cm³/mol. The van der Waals surface area contributed by atoms with E-state index in [0.717, 1.165) is 0 Å². The molecule has 9 aromatic rings. The lowest BCUT2D eigenvalue weighted by Gasteiger charge is -2.11. The van der Waals surface area contributed by atoms with E-state index in [1.807, 2.05) is 11.3 Å². The van der Waals surface area contributed by atoms with Crippen LogP contribution in [0.5, 0.6) is 0 Å². The lowest BCUT2D eigenvalue weighted by molar-refractivity contribution is 1.18. The molecule has 9 rings (SSSR count). The Morgan fingerprint density at radius 3 is 1.78 bits per heavy atom. The highest BCUT2D eigenvalue weighted by molar-refractivity contribution is 7.26. The first-order valence-electron chi connectivity index (χ1n) is 14.0. The van der Waals surface area contributed by atoms with E-state index < -0.39 is 0 Å². The van der Waals surface area contributed by atoms with E-state index in [9.17, 15) is 0 Å². The maximum Gasteiger partial charge on any atom is 0.0727 e. The first kappa shape index (κ1) is 22.7. The van der Waals surface area contributed by atoms with Gasteiger partial charge in [-0.2, -0.15) is 0 Å². The van der Waals surface area contributed by atoms with Crippen molar-refractivity contribution in [2.45, 2.75) is 0 Å². The number of benzene rings is 6. The molecular formula is C38H24N2S. The molecule has 0 saturated carbocycles. The summed E-state index contributed by atoms with van der Waals surface area (Å²) in [5.74, 6) is 0. The van der Waals surface area contributed by atoms with Crippen LogP contribution in [0.3, 0.4) is 0 Å². The molecule has 0 spiro atoms. The zero-order chi connectivity index (χ0) is 26.9. The van der Waals surface area contributed by atoms with Gasteiger partial charge in [0, 0.05) is 37.6 Å². The van der Waals surface area contributed by atoms with E-state index in [1.165, 1.54) is 75.5 Å². The molecule has 0 bridgehead atoms. The number of rotatable bonds is 3. The summed E-state index contributed by atoms with van der Waals surface area (Å²) < 4.78 is 7.50. The molecule has 41 heavy (non-hydrogen) atoms. The summed E-state index contributed by atoms with van der Waals surface area (Å²) >= 11 is 1.89. The second-order valence-corrected chi connectivity index (χ2v) is 11.6. The number of aromatic nitrogens is 2. The van der Waals surface area contributed by atoms with Crippen molar-refractivity contribution in [1.82, 2.24) is 9.13 Å². The topological polar surface area (TPSA) is 9.86 Å². The number of fused-ring (bicyclic) bond motifs is 8. The summed E-state index contributed by atoms with van der Waals surface area (Å²) in [5.41, 5.74) is 9.79. The van der Waals surface area contributed by atoms with E-state index >= 15 is 0 Å². The molecule has 0 atom stereocenters. The van der Waals surface area contributed by atoms with Gasteiger partial charge in [-0.15, -0.1) is 11.3 Å². The Kier molecular flexibility index (Phi) is 4.80. The first-order chi connectivity index (χ1) is 20.3. The number of nitrogens with zero attached hydrogens (tertiary/aromatic N) is 2. The molecule has 0 fully saturated rings. The third-order valence-corrected chi connectivity index (χ3v) is 9.52. The summed E-state index contributed by atoms with van der Waals surface area (Å²) in [5, 5.41) is 5.18. The van der Waals surface area contributed by atoms with Crippen molar-refractivity contribution in [1.29, 1.82) is 0 Å². The Bertz CT molecular complexity index is 2400. The van der Waals surface area contributed by atoms with E-state index in [0.29, 0.717) is 0 Å². The average Bonchev–Trinajstić information content (AvgIpc) is 3.68. The van der Waals surface area contributed by atoms with Crippen molar-refractivity contribution in [3.05, 3.63) is 146 Å². The molecular weight excluding hydrogens is 516 g/mol. The zero-order valence-corrected chi connectivity index (χ0v) is 23.0. The molecule has 0 aliphatic rings. The Balaban J connectivity index is 1.22. The number of para-hydroxylation sites is 3. The first-order valence-corrected chi connectivity index (χ1v) is 14.8. The van der Waals surface area contributed by atoms with Gasteiger partial charge in [-0.3, -0.25) is 0 Å². The van der Waals surface area contributed by atoms with E-state index in [-0.39, 0.29) is 0 Å². The largest absolute Gasteiger partial charge is 0.309 e. The highest BCUT2D eigenvalue weighted by atomic mass is 32.1. The third-order valence-electron chi connectivity index (χ3n) is 8.33. The maximum absolute atomic E-state index is 2.43. The van der Waals surface area contributed by atoms with Gasteiger partial charge in [-0.25, -0.2) is 0 Å². The van der Waals surface area contributed by atoms with Crippen LogP contribution in [0, 0.1) is 0 Å². The lowest BCUT2D eigenvalue weighted by Crippen LogP contribution is -1.94. The molecule has 192 valence electrons. The highest BCUT2D eigenvalue weighted by Crippen LogP contribution is 2.42. The minimum atomic E-state index is 1.18. The monoisotopic (exact) mass is 540 g/mol. The number of hydrogen-bond acceptors (Lipinski definition) is 1. The Morgan fingerprint density at radius 1 is 0.390 bits per heavy atom. The summed E-state index contributed by atoms with van der Waals surface area (Å²) in [7, 11) is 0. The molecule has 3 heterocycles. The quantitative estimate of drug-likeness (QED) is 0.211. The fourth-order valence-corrected chi connectivity index (χ4v) is 7.72. The standard InChI is InChI=1S/C38H24N2S/c1-2-10-27(11-3-1)39-33-15-7-4-12-29(33)30-23-20-26(24-35(30)39)25-18-21-28(22-19-25)40-34-16-8-5-13-31(34)38-37(40)32-14-6-9-17-36(32)41-38/h1-24H. The van der Waals surface area contributed by atoms with Gasteiger partial charge in [-0.1, -0.05) is 97.1 Å². The van der Waals surface area contributed by atoms with Gasteiger partial charge in [0.15, 0.2) is 0 Å². The fraction of sp³-hybridized carbons (Fsp3) is 0. The Morgan fingerprint density at radius 2 is 0.976 bits per heavy atom. The molecule has 2 nitrogen and oxygen atoms in total. The van der Waals surface area contributed by atoms with Crippen LogP contribution >= 0.6 is 11.3 Å². The number of hydrogen-bond donors (Lipinski definition) is 0. The van der Waals surface area contributed by atoms with E-state index in [1.54, 1.807) is 0 Å². The molecule has 0 radical (unpaired) electrons. The summed E-state index contributed by atoms with van der Waals surface area (Å²) in [6, 6.07) is 52.8. The Hall–Kier alpha value is -5.12. The highest BCUT2D eigenvalue weighted by Gasteiger charge is 2.18. The summed E-state index contributed by atoms with van der Waals surface area (Å²) in [6.07, 6.45) is 0. The zero-order valence-electron chi connectivity index (χ0n) is 22.2. The minimum absolute atomic E-state index is 1.18. The summed E-state index contributed by atoms with van der Waals surface area (Å²) in [6.45, 7) is 0. The van der Waals surface area contributed by atoms with Crippen LogP contribution in [0.2, 0.25) is 0 Å². The molecule has 6 aromatic carbocycles. The van der Waals surface area contributed by atoms with Gasteiger partial charge in [0.25, 0.3) is 0 Å². The fourth-order valence-electron chi connectivity index (χ4n) is 6.49. The average molecular weight is 541 g/mol. The predicted octanol–water partition coefficient (Wildman–Crippen LogP) is 10.8. The molecule has 0 aliphatic carbocycles. The normalized spacial score (nSPS) is 11.9. The van der Waals surface area contributed by atoms with Crippen LogP contribution in [0.25, 0.3) is 75.5 Å². The Labute approximate surface area is 240 Å². The van der Waals surface area contributed by atoms with Crippen LogP contribution in [0.4, 0.5) is 0 Å². The second kappa shape index (κ2) is 8.69. The van der Waals surface area contributed by atoms with Crippen LogP contribution in [0.15, 0.2) is 146 Å². The van der Waals surface area contributed by atoms with E-state index in [2.05, 4.69) is 155 Å². The van der Waals surface area contributed by atoms with Crippen molar-refractivity contribution in [2.24, 2.45) is 0 Å². The van der Waals surface area contributed by atoms with Gasteiger partial charge in [0.2, 0.25) is 0 Å². The van der Waals surface area contributed by atoms with Crippen molar-refractivity contribution in [3.8, 4) is 22.5 Å². The molecule has 3 heteroatoms. The van der Waals surface area contributed by atoms with Crippen molar-refractivity contribution in [3.63, 3.8) is 0 Å². The third kappa shape index (κ3) is 3.30. The second-order valence-electron chi connectivity index (χ2n) is 10.6. The smallest absolute Gasteiger partial charge is 0.0727 e. The van der Waals surface area contributed by atoms with Gasteiger partial charge < -0.3 is 9.13 Å². The molecule has 0 unspecified atom stereocenters. The molecule has 0 saturated heterocycles. The van der Waals surface area contributed by atoms with Gasteiger partial charge in [-0.05, 0) is 59.7 Å². The molecule has 3 aromatic heterocycles. The minimum Gasteiger partial charge on any atom is -0.309 e. The molecule has 0 N–H and O–H groups in total. The number of thiophene rings is 1. The summed E-state index contributed by atoms with van der Waals surface area (Å²) in [4.78, 5) is 0. The van der Waals surface area contributed by atoms with Gasteiger partial charge in [0.1, 0.15) is 0 Å². The molecule has 0 aliphatic heterocycles. The maximum atomic E-state index is 2.43. The van der Waals surface area contributed by atoms with Crippen molar-refractivity contribution < 1.29 is 0 Å². The van der Waals surface area contributed by atoms with Crippen molar-refractivity contribution >= 4 is 64.3 Å². The molecule has 0 amide bonds. The van der Waals surface area contributed by atoms with Gasteiger partial charge >= 0.3 is 0 Å². The van der Waals surface area contributed by atoms with E-state index in [4.69, 9.17) is 0 Å². The van der Waals surface area contributed by atoms with Gasteiger partial charge in [0.05, 0.1) is 26.8 Å². The van der Waals surface area contributed by atoms with Crippen LogP contribution in [-0.4, -0.2) is 9.13 Å². The SMILES string of the molecule is c1ccc(-n2c3ccccc3c3ccc(-c4ccc(-n5c6ccccc6c6sc7ccccc7c65)cc4)cc32)cc1. The van der Waals surface area contributed by atoms with Crippen LogP contribution in [-0.2, 0) is 0 Å². The van der Waals surface area contributed by atoms with Crippen LogP contribution < -0.4 is 0 Å². The van der Waals surface area contributed by atoms with Crippen LogP contribution in [0.1, 0.15) is 0 Å². The lowest BCUT2D eigenvalue weighted by atomic mass is 10.0.